The Kier molecular flexibility index (Phi) is 4.88. The Bertz CT molecular complexity index is 761. The SMILES string of the molecule is CN(C)C(=O)[C@@H]1CN(C(=O)COc2ccccc2)c2ccccc2O1. The zero-order valence-corrected chi connectivity index (χ0v) is 14.2. The highest BCUT2D eigenvalue weighted by molar-refractivity contribution is 5.98. The first-order chi connectivity index (χ1) is 12.1. The van der Waals surface area contributed by atoms with E-state index in [1.54, 1.807) is 43.3 Å². The fourth-order valence-electron chi connectivity index (χ4n) is 2.63. The first-order valence-electron chi connectivity index (χ1n) is 8.01. The Labute approximate surface area is 146 Å². The molecule has 6 heteroatoms. The van der Waals surface area contributed by atoms with Gasteiger partial charge in [0.05, 0.1) is 12.2 Å². The van der Waals surface area contributed by atoms with Crippen LogP contribution in [-0.2, 0) is 9.59 Å². The van der Waals surface area contributed by atoms with Gasteiger partial charge < -0.3 is 19.3 Å². The molecule has 2 amide bonds. The van der Waals surface area contributed by atoms with Crippen LogP contribution in [0.25, 0.3) is 0 Å². The van der Waals surface area contributed by atoms with E-state index in [2.05, 4.69) is 0 Å². The largest absolute Gasteiger partial charge is 0.484 e. The molecule has 1 aliphatic heterocycles. The van der Waals surface area contributed by atoms with Crippen LogP contribution in [0.3, 0.4) is 0 Å². The summed E-state index contributed by atoms with van der Waals surface area (Å²) in [6.07, 6.45) is -0.731. The van der Waals surface area contributed by atoms with Gasteiger partial charge in [0.25, 0.3) is 11.8 Å². The second-order valence-electron chi connectivity index (χ2n) is 5.91. The highest BCUT2D eigenvalue weighted by Crippen LogP contribution is 2.33. The molecule has 1 atom stereocenters. The van der Waals surface area contributed by atoms with Crippen molar-refractivity contribution in [2.45, 2.75) is 6.10 Å². The van der Waals surface area contributed by atoms with E-state index in [1.807, 2.05) is 30.3 Å². The summed E-state index contributed by atoms with van der Waals surface area (Å²) in [5, 5.41) is 0. The van der Waals surface area contributed by atoms with Crippen LogP contribution in [0.5, 0.6) is 11.5 Å². The van der Waals surface area contributed by atoms with Crippen molar-refractivity contribution in [1.29, 1.82) is 0 Å². The zero-order chi connectivity index (χ0) is 17.8. The monoisotopic (exact) mass is 340 g/mol. The quantitative estimate of drug-likeness (QED) is 0.854. The van der Waals surface area contributed by atoms with Crippen molar-refractivity contribution in [3.63, 3.8) is 0 Å². The lowest BCUT2D eigenvalue weighted by Crippen LogP contribution is -2.51. The van der Waals surface area contributed by atoms with Crippen LogP contribution < -0.4 is 14.4 Å². The van der Waals surface area contributed by atoms with E-state index < -0.39 is 6.10 Å². The molecule has 0 spiro atoms. The summed E-state index contributed by atoms with van der Waals surface area (Å²) in [5.41, 5.74) is 0.645. The van der Waals surface area contributed by atoms with E-state index in [9.17, 15) is 9.59 Å². The molecule has 2 aromatic carbocycles. The summed E-state index contributed by atoms with van der Waals surface area (Å²) in [7, 11) is 3.33. The van der Waals surface area contributed by atoms with E-state index in [0.29, 0.717) is 17.2 Å². The van der Waals surface area contributed by atoms with Crippen LogP contribution in [-0.4, -0.2) is 50.1 Å². The molecule has 25 heavy (non-hydrogen) atoms. The summed E-state index contributed by atoms with van der Waals surface area (Å²) in [5.74, 6) is 0.729. The second-order valence-corrected chi connectivity index (χ2v) is 5.91. The Morgan fingerprint density at radius 3 is 2.52 bits per heavy atom. The van der Waals surface area contributed by atoms with Gasteiger partial charge in [-0.15, -0.1) is 0 Å². The van der Waals surface area contributed by atoms with Crippen molar-refractivity contribution in [3.05, 3.63) is 54.6 Å². The number of rotatable bonds is 4. The van der Waals surface area contributed by atoms with Crippen molar-refractivity contribution in [1.82, 2.24) is 4.90 Å². The third kappa shape index (κ3) is 3.74. The summed E-state index contributed by atoms with van der Waals surface area (Å²) >= 11 is 0. The highest BCUT2D eigenvalue weighted by atomic mass is 16.5. The minimum Gasteiger partial charge on any atom is -0.484 e. The van der Waals surface area contributed by atoms with E-state index in [4.69, 9.17) is 9.47 Å². The van der Waals surface area contributed by atoms with Crippen molar-refractivity contribution >= 4 is 17.5 Å². The molecule has 130 valence electrons. The number of carbonyl (C=O) groups excluding carboxylic acids is 2. The van der Waals surface area contributed by atoms with Gasteiger partial charge in [0.2, 0.25) is 0 Å². The highest BCUT2D eigenvalue weighted by Gasteiger charge is 2.34. The van der Waals surface area contributed by atoms with E-state index in [-0.39, 0.29) is 25.0 Å². The number of amides is 2. The van der Waals surface area contributed by atoms with Gasteiger partial charge >= 0.3 is 0 Å². The lowest BCUT2D eigenvalue weighted by molar-refractivity contribution is -0.136. The molecule has 0 aliphatic carbocycles. The van der Waals surface area contributed by atoms with E-state index in [1.165, 1.54) is 4.90 Å². The smallest absolute Gasteiger partial charge is 0.265 e. The fourth-order valence-corrected chi connectivity index (χ4v) is 2.63. The molecule has 0 fully saturated rings. The average molecular weight is 340 g/mol. The number of likely N-dealkylation sites (N-methyl/N-ethyl adjacent to an activating group) is 1. The van der Waals surface area contributed by atoms with E-state index >= 15 is 0 Å². The molecule has 6 nitrogen and oxygen atoms in total. The minimum atomic E-state index is -0.731. The van der Waals surface area contributed by atoms with Gasteiger partial charge in [-0.1, -0.05) is 30.3 Å². The number of benzene rings is 2. The number of fused-ring (bicyclic) bond motifs is 1. The van der Waals surface area contributed by atoms with Crippen LogP contribution in [0, 0.1) is 0 Å². The van der Waals surface area contributed by atoms with E-state index in [0.717, 1.165) is 0 Å². The molecule has 0 bridgehead atoms. The zero-order valence-electron chi connectivity index (χ0n) is 14.2. The van der Waals surface area contributed by atoms with Gasteiger partial charge in [0.1, 0.15) is 11.5 Å². The number of hydrogen-bond acceptors (Lipinski definition) is 4. The number of para-hydroxylation sites is 3. The topological polar surface area (TPSA) is 59.1 Å². The Morgan fingerprint density at radius 1 is 1.12 bits per heavy atom. The molecule has 0 radical (unpaired) electrons. The summed E-state index contributed by atoms with van der Waals surface area (Å²) in [6.45, 7) is 0.0478. The lowest BCUT2D eigenvalue weighted by atomic mass is 10.1. The number of nitrogens with zero attached hydrogens (tertiary/aromatic N) is 2. The molecule has 0 saturated heterocycles. The number of hydrogen-bond donors (Lipinski definition) is 0. The van der Waals surface area contributed by atoms with Crippen LogP contribution in [0.2, 0.25) is 0 Å². The first-order valence-corrected chi connectivity index (χ1v) is 8.01. The van der Waals surface area contributed by atoms with Crippen LogP contribution >= 0.6 is 0 Å². The van der Waals surface area contributed by atoms with Crippen molar-refractivity contribution in [2.24, 2.45) is 0 Å². The predicted octanol–water partition coefficient (Wildman–Crippen LogP) is 1.95. The van der Waals surface area contributed by atoms with Crippen molar-refractivity contribution in [3.8, 4) is 11.5 Å². The van der Waals surface area contributed by atoms with Gasteiger partial charge in [-0.05, 0) is 24.3 Å². The Hall–Kier alpha value is -3.02. The molecular formula is C19H20N2O4. The molecule has 3 rings (SSSR count). The van der Waals surface area contributed by atoms with Crippen LogP contribution in [0.4, 0.5) is 5.69 Å². The molecule has 0 N–H and O–H groups in total. The third-order valence-corrected chi connectivity index (χ3v) is 3.90. The summed E-state index contributed by atoms with van der Waals surface area (Å²) < 4.78 is 11.3. The maximum atomic E-state index is 12.7. The van der Waals surface area contributed by atoms with Crippen LogP contribution in [0.1, 0.15) is 0 Å². The normalized spacial score (nSPS) is 15.8. The maximum absolute atomic E-state index is 12.7. The van der Waals surface area contributed by atoms with Gasteiger partial charge in [-0.2, -0.15) is 0 Å². The Morgan fingerprint density at radius 2 is 1.80 bits per heavy atom. The lowest BCUT2D eigenvalue weighted by Gasteiger charge is -2.35. The Balaban J connectivity index is 1.78. The first kappa shape index (κ1) is 16.8. The molecule has 1 aliphatic rings. The standard InChI is InChI=1S/C19H20N2O4/c1-20(2)19(23)17-12-21(15-10-6-7-11-16(15)25-17)18(22)13-24-14-8-4-3-5-9-14/h3-11,17H,12-13H2,1-2H3/t17-/m0/s1. The molecule has 0 unspecified atom stereocenters. The van der Waals surface area contributed by atoms with Gasteiger partial charge in [-0.3, -0.25) is 9.59 Å². The average Bonchev–Trinajstić information content (AvgIpc) is 2.65. The van der Waals surface area contributed by atoms with Crippen molar-refractivity contribution < 1.29 is 19.1 Å². The number of carbonyl (C=O) groups is 2. The second kappa shape index (κ2) is 7.25. The third-order valence-electron chi connectivity index (χ3n) is 3.90. The molecule has 0 saturated carbocycles. The molecular weight excluding hydrogens is 320 g/mol. The molecule has 1 heterocycles. The van der Waals surface area contributed by atoms with Gasteiger partial charge in [-0.25, -0.2) is 0 Å². The molecule has 0 aromatic heterocycles. The fraction of sp³-hybridized carbons (Fsp3) is 0.263. The predicted molar refractivity (Wildman–Crippen MR) is 93.8 cm³/mol. The van der Waals surface area contributed by atoms with Gasteiger partial charge in [0, 0.05) is 14.1 Å². The molecule has 2 aromatic rings. The van der Waals surface area contributed by atoms with Crippen LogP contribution in [0.15, 0.2) is 54.6 Å². The minimum absolute atomic E-state index is 0.110. The summed E-state index contributed by atoms with van der Waals surface area (Å²) in [4.78, 5) is 28.0. The van der Waals surface area contributed by atoms with Crippen molar-refractivity contribution in [2.75, 3.05) is 32.1 Å². The summed E-state index contributed by atoms with van der Waals surface area (Å²) in [6, 6.07) is 16.3. The number of anilines is 1. The number of ether oxygens (including phenoxy) is 2. The maximum Gasteiger partial charge on any atom is 0.265 e. The van der Waals surface area contributed by atoms with Gasteiger partial charge in [0.15, 0.2) is 12.7 Å².